The highest BCUT2D eigenvalue weighted by Crippen LogP contribution is 2.54. The molecular formula is C12H3F13O. The van der Waals surface area contributed by atoms with Crippen LogP contribution >= 0.6 is 0 Å². The first-order valence-electron chi connectivity index (χ1n) is 5.89. The molecule has 0 amide bonds. The topological polar surface area (TPSA) is 17.1 Å². The predicted molar refractivity (Wildman–Crippen MR) is 56.7 cm³/mol. The minimum atomic E-state index is -6.78. The average molecular weight is 410 g/mol. The van der Waals surface area contributed by atoms with E-state index < -0.39 is 71.0 Å². The highest BCUT2D eigenvalue weighted by Gasteiger charge is 2.66. The number of aldehydes is 1. The van der Waals surface area contributed by atoms with Crippen molar-refractivity contribution in [2.75, 3.05) is 0 Å². The lowest BCUT2D eigenvalue weighted by Crippen LogP contribution is -2.40. The van der Waals surface area contributed by atoms with Gasteiger partial charge >= 0.3 is 30.4 Å². The van der Waals surface area contributed by atoms with Crippen molar-refractivity contribution in [3.63, 3.8) is 0 Å². The largest absolute Gasteiger partial charge is 0.458 e. The van der Waals surface area contributed by atoms with Gasteiger partial charge < -0.3 is 0 Å². The lowest BCUT2D eigenvalue weighted by molar-refractivity contribution is -0.295. The summed E-state index contributed by atoms with van der Waals surface area (Å²) in [5, 5.41) is 0. The Balaban J connectivity index is 4.13. The summed E-state index contributed by atoms with van der Waals surface area (Å²) in [4.78, 5) is 10.5. The Morgan fingerprint density at radius 1 is 0.615 bits per heavy atom. The average Bonchev–Trinajstić information content (AvgIpc) is 2.42. The first-order valence-corrected chi connectivity index (χ1v) is 5.89. The van der Waals surface area contributed by atoms with Gasteiger partial charge in [-0.1, -0.05) is 0 Å². The van der Waals surface area contributed by atoms with E-state index in [9.17, 15) is 61.9 Å². The van der Waals surface area contributed by atoms with E-state index in [2.05, 4.69) is 0 Å². The van der Waals surface area contributed by atoms with Crippen LogP contribution in [-0.2, 0) is 18.0 Å². The number of benzene rings is 1. The molecule has 0 saturated heterocycles. The van der Waals surface area contributed by atoms with Crippen molar-refractivity contribution in [2.45, 2.75) is 30.4 Å². The third-order valence-electron chi connectivity index (χ3n) is 2.97. The maximum absolute atomic E-state index is 13.4. The van der Waals surface area contributed by atoms with Gasteiger partial charge in [-0.05, 0) is 12.1 Å². The second-order valence-corrected chi connectivity index (χ2v) is 4.75. The molecule has 0 atom stereocenters. The zero-order valence-corrected chi connectivity index (χ0v) is 11.6. The fourth-order valence-corrected chi connectivity index (χ4v) is 1.84. The standard InChI is InChI=1S/C12H3F13O/c13-8(14,11(20,21)22)5-1-4(3-26)2-6(7(5)10(17,18)19)9(15,16)12(23,24)25/h1-3H. The van der Waals surface area contributed by atoms with Crippen molar-refractivity contribution < 1.29 is 61.9 Å². The van der Waals surface area contributed by atoms with Gasteiger partial charge in [-0.15, -0.1) is 0 Å². The molecule has 0 aliphatic rings. The Bertz CT molecular complexity index is 646. The molecule has 1 rings (SSSR count). The Morgan fingerprint density at radius 2 is 0.923 bits per heavy atom. The van der Waals surface area contributed by atoms with E-state index in [0.717, 1.165) is 0 Å². The summed E-state index contributed by atoms with van der Waals surface area (Å²) < 4.78 is 166. The van der Waals surface area contributed by atoms with Crippen LogP contribution < -0.4 is 0 Å². The van der Waals surface area contributed by atoms with Gasteiger partial charge in [0.1, 0.15) is 6.29 Å². The van der Waals surface area contributed by atoms with Crippen molar-refractivity contribution >= 4 is 6.29 Å². The van der Waals surface area contributed by atoms with E-state index in [0.29, 0.717) is 0 Å². The Labute approximate surface area is 134 Å². The number of rotatable bonds is 3. The van der Waals surface area contributed by atoms with Gasteiger partial charge in [0.15, 0.2) is 0 Å². The molecule has 0 aromatic heterocycles. The van der Waals surface area contributed by atoms with Gasteiger partial charge in [0.25, 0.3) is 0 Å². The molecule has 14 heteroatoms. The van der Waals surface area contributed by atoms with Gasteiger partial charge in [0, 0.05) is 16.7 Å². The van der Waals surface area contributed by atoms with Gasteiger partial charge in [-0.3, -0.25) is 4.79 Å². The molecule has 0 aliphatic heterocycles. The lowest BCUT2D eigenvalue weighted by Gasteiger charge is -2.29. The molecule has 1 nitrogen and oxygen atoms in total. The molecule has 0 aliphatic carbocycles. The highest BCUT2D eigenvalue weighted by atomic mass is 19.4. The van der Waals surface area contributed by atoms with E-state index >= 15 is 0 Å². The summed E-state index contributed by atoms with van der Waals surface area (Å²) in [6.45, 7) is 0. The summed E-state index contributed by atoms with van der Waals surface area (Å²) in [6, 6.07) is -1.50. The van der Waals surface area contributed by atoms with Gasteiger partial charge in [-0.25, -0.2) is 0 Å². The molecule has 0 heterocycles. The Morgan fingerprint density at radius 3 is 1.12 bits per heavy atom. The second-order valence-electron chi connectivity index (χ2n) is 4.75. The summed E-state index contributed by atoms with van der Waals surface area (Å²) in [6.07, 6.45) is -20.8. The van der Waals surface area contributed by atoms with Crippen molar-refractivity contribution in [2.24, 2.45) is 0 Å². The molecule has 26 heavy (non-hydrogen) atoms. The zero-order valence-electron chi connectivity index (χ0n) is 11.6. The molecule has 0 N–H and O–H groups in total. The minimum Gasteiger partial charge on any atom is -0.298 e. The number of halogens is 13. The van der Waals surface area contributed by atoms with E-state index in [1.165, 1.54) is 0 Å². The number of carbonyl (C=O) groups excluding carboxylic acids is 1. The van der Waals surface area contributed by atoms with Crippen molar-refractivity contribution in [1.29, 1.82) is 0 Å². The lowest BCUT2D eigenvalue weighted by atomic mass is 9.90. The maximum atomic E-state index is 13.4. The van der Waals surface area contributed by atoms with Crippen LogP contribution in [0.5, 0.6) is 0 Å². The SMILES string of the molecule is O=Cc1cc(C(F)(F)C(F)(F)F)c(C(F)(F)F)c(C(F)(F)C(F)(F)F)c1. The van der Waals surface area contributed by atoms with Crippen molar-refractivity contribution in [3.8, 4) is 0 Å². The first kappa shape index (κ1) is 22.0. The van der Waals surface area contributed by atoms with Gasteiger partial charge in [0.05, 0.1) is 5.56 Å². The number of carbonyl (C=O) groups is 1. The highest BCUT2D eigenvalue weighted by molar-refractivity contribution is 5.76. The van der Waals surface area contributed by atoms with Crippen LogP contribution in [0.3, 0.4) is 0 Å². The minimum absolute atomic E-state index is 0.751. The smallest absolute Gasteiger partial charge is 0.298 e. The molecule has 0 unspecified atom stereocenters. The number of hydrogen-bond donors (Lipinski definition) is 0. The summed E-state index contributed by atoms with van der Waals surface area (Å²) in [5.74, 6) is -13.0. The van der Waals surface area contributed by atoms with Crippen LogP contribution in [0.1, 0.15) is 27.0 Å². The van der Waals surface area contributed by atoms with E-state index in [1.807, 2.05) is 0 Å². The van der Waals surface area contributed by atoms with Crippen LogP contribution in [0.25, 0.3) is 0 Å². The molecule has 0 radical (unpaired) electrons. The molecule has 1 aromatic carbocycles. The molecule has 0 bridgehead atoms. The van der Waals surface area contributed by atoms with Crippen LogP contribution in [0.15, 0.2) is 12.1 Å². The predicted octanol–water partition coefficient (Wildman–Crippen LogP) is 5.83. The zero-order chi connectivity index (χ0) is 20.9. The number of alkyl halides is 13. The van der Waals surface area contributed by atoms with Gasteiger partial charge in [-0.2, -0.15) is 57.1 Å². The first-order chi connectivity index (χ1) is 11.3. The molecule has 0 saturated carbocycles. The molecule has 0 fully saturated rings. The third kappa shape index (κ3) is 3.58. The normalized spacial score (nSPS) is 14.5. The molecule has 0 spiro atoms. The monoisotopic (exact) mass is 410 g/mol. The quantitative estimate of drug-likeness (QED) is 0.453. The van der Waals surface area contributed by atoms with Crippen LogP contribution in [0, 0.1) is 0 Å². The molecular weight excluding hydrogens is 407 g/mol. The van der Waals surface area contributed by atoms with Crippen LogP contribution in [0.4, 0.5) is 57.1 Å². The van der Waals surface area contributed by atoms with E-state index in [4.69, 9.17) is 0 Å². The molecule has 148 valence electrons. The van der Waals surface area contributed by atoms with Crippen LogP contribution in [-0.4, -0.2) is 18.6 Å². The maximum Gasteiger partial charge on any atom is 0.458 e. The fourth-order valence-electron chi connectivity index (χ4n) is 1.84. The molecule has 1 aromatic rings. The van der Waals surface area contributed by atoms with Crippen molar-refractivity contribution in [1.82, 2.24) is 0 Å². The van der Waals surface area contributed by atoms with Crippen molar-refractivity contribution in [3.05, 3.63) is 34.4 Å². The van der Waals surface area contributed by atoms with E-state index in [1.54, 1.807) is 0 Å². The Hall–Kier alpha value is -2.02. The summed E-state index contributed by atoms with van der Waals surface area (Å²) >= 11 is 0. The van der Waals surface area contributed by atoms with Crippen LogP contribution in [0.2, 0.25) is 0 Å². The van der Waals surface area contributed by atoms with E-state index in [-0.39, 0.29) is 0 Å². The fraction of sp³-hybridized carbons (Fsp3) is 0.417. The third-order valence-corrected chi connectivity index (χ3v) is 2.97. The van der Waals surface area contributed by atoms with Gasteiger partial charge in [0.2, 0.25) is 0 Å². The number of hydrogen-bond acceptors (Lipinski definition) is 1. The second kappa shape index (κ2) is 6.01. The summed E-state index contributed by atoms with van der Waals surface area (Å²) in [5.41, 5.74) is -11.7. The summed E-state index contributed by atoms with van der Waals surface area (Å²) in [7, 11) is 0. The Kier molecular flexibility index (Phi) is 5.09.